The molecule has 0 rings (SSSR count). The molecule has 0 aromatic carbocycles. The molecular formula is C12H30P4. The molecule has 0 heterocycles. The first-order valence-corrected chi connectivity index (χ1v) is 15.1. The Morgan fingerprint density at radius 1 is 0.500 bits per heavy atom. The minimum absolute atomic E-state index is 0.271. The smallest absolute Gasteiger partial charge is 0.00154 e. The molecule has 0 N–H and O–H groups in total. The maximum atomic E-state index is 2.47. The topological polar surface area (TPSA) is 0 Å². The van der Waals surface area contributed by atoms with Gasteiger partial charge in [0.15, 0.2) is 0 Å². The van der Waals surface area contributed by atoms with E-state index in [1.807, 2.05) is 0 Å². The maximum Gasteiger partial charge on any atom is -0.00154 e. The van der Waals surface area contributed by atoms with Gasteiger partial charge in [-0.05, 0) is 77.0 Å². The van der Waals surface area contributed by atoms with Gasteiger partial charge in [-0.2, -0.15) is 0 Å². The minimum Gasteiger partial charge on any atom is -0.106 e. The molecule has 0 aliphatic heterocycles. The SMILES string of the molecule is CP(C)C(CCC(P(C)C)P(C)C)P(C)C. The molecule has 4 heteroatoms. The molecule has 0 aliphatic carbocycles. The highest BCUT2D eigenvalue weighted by atomic mass is 31.2. The summed E-state index contributed by atoms with van der Waals surface area (Å²) in [6.45, 7) is 19.8. The molecule has 0 aromatic heterocycles. The van der Waals surface area contributed by atoms with Crippen LogP contribution >= 0.6 is 31.7 Å². The van der Waals surface area contributed by atoms with Crippen molar-refractivity contribution in [2.24, 2.45) is 0 Å². The summed E-state index contributed by atoms with van der Waals surface area (Å²) in [7, 11) is 1.08. The van der Waals surface area contributed by atoms with E-state index >= 15 is 0 Å². The molecular weight excluding hydrogens is 268 g/mol. The first-order valence-electron chi connectivity index (χ1n) is 5.93. The van der Waals surface area contributed by atoms with Crippen molar-refractivity contribution in [1.82, 2.24) is 0 Å². The van der Waals surface area contributed by atoms with Gasteiger partial charge in [-0.25, -0.2) is 0 Å². The third-order valence-electron chi connectivity index (χ3n) is 3.07. The lowest BCUT2D eigenvalue weighted by atomic mass is 10.4. The lowest BCUT2D eigenvalue weighted by Gasteiger charge is -2.31. The van der Waals surface area contributed by atoms with Crippen LogP contribution in [0.1, 0.15) is 12.8 Å². The molecule has 0 saturated heterocycles. The summed E-state index contributed by atoms with van der Waals surface area (Å²) in [5, 5.41) is 2.11. The second-order valence-electron chi connectivity index (χ2n) is 5.39. The highest BCUT2D eigenvalue weighted by molar-refractivity contribution is 7.75. The number of hydrogen-bond donors (Lipinski definition) is 0. The van der Waals surface area contributed by atoms with Crippen molar-refractivity contribution in [2.75, 3.05) is 53.3 Å². The Bertz CT molecular complexity index is 142. The predicted octanol–water partition coefficient (Wildman–Crippen LogP) is 5.38. The summed E-state index contributed by atoms with van der Waals surface area (Å²) in [5.41, 5.74) is 0. The molecule has 0 radical (unpaired) electrons. The summed E-state index contributed by atoms with van der Waals surface area (Å²) < 4.78 is 0. The molecule has 16 heavy (non-hydrogen) atoms. The minimum atomic E-state index is 0.271. The van der Waals surface area contributed by atoms with Gasteiger partial charge in [-0.3, -0.25) is 0 Å². The standard InChI is InChI=1S/C12H30P4/c1-13(2)11(14(3)4)9-10-12(15(5)6)16(7)8/h11-12H,9-10H2,1-8H3. The van der Waals surface area contributed by atoms with Crippen LogP contribution < -0.4 is 0 Å². The van der Waals surface area contributed by atoms with Gasteiger partial charge in [-0.15, -0.1) is 31.7 Å². The van der Waals surface area contributed by atoms with E-state index in [2.05, 4.69) is 53.3 Å². The Morgan fingerprint density at radius 2 is 0.688 bits per heavy atom. The number of rotatable bonds is 7. The van der Waals surface area contributed by atoms with Crippen molar-refractivity contribution in [3.63, 3.8) is 0 Å². The molecule has 0 saturated carbocycles. The molecule has 0 spiro atoms. The summed E-state index contributed by atoms with van der Waals surface area (Å²) in [6.07, 6.45) is 3.01. The average molecular weight is 298 g/mol. The zero-order valence-electron chi connectivity index (χ0n) is 12.4. The summed E-state index contributed by atoms with van der Waals surface area (Å²) in [6, 6.07) is 0. The van der Waals surface area contributed by atoms with Crippen LogP contribution in [0.25, 0.3) is 0 Å². The second kappa shape index (κ2) is 8.76. The average Bonchev–Trinajstić information content (AvgIpc) is 2.09. The lowest BCUT2D eigenvalue weighted by molar-refractivity contribution is 0.837. The predicted molar refractivity (Wildman–Crippen MR) is 91.9 cm³/mol. The Hall–Kier alpha value is 1.72. The fourth-order valence-corrected chi connectivity index (χ4v) is 12.3. The molecule has 0 amide bonds. The van der Waals surface area contributed by atoms with Crippen LogP contribution in [-0.4, -0.2) is 64.1 Å². The molecule has 0 atom stereocenters. The Labute approximate surface area is 109 Å². The normalized spacial score (nSPS) is 13.1. The van der Waals surface area contributed by atoms with Crippen LogP contribution in [0.3, 0.4) is 0 Å². The van der Waals surface area contributed by atoms with Gasteiger partial charge in [0, 0.05) is 0 Å². The molecule has 0 nitrogen and oxygen atoms in total. The van der Waals surface area contributed by atoms with Crippen LogP contribution in [0.4, 0.5) is 0 Å². The van der Waals surface area contributed by atoms with Gasteiger partial charge >= 0.3 is 0 Å². The van der Waals surface area contributed by atoms with E-state index in [-0.39, 0.29) is 31.7 Å². The highest BCUT2D eigenvalue weighted by Crippen LogP contribution is 2.57. The Morgan fingerprint density at radius 3 is 0.812 bits per heavy atom. The third kappa shape index (κ3) is 6.60. The maximum absolute atomic E-state index is 2.47. The molecule has 0 unspecified atom stereocenters. The van der Waals surface area contributed by atoms with Gasteiger partial charge in [0.2, 0.25) is 0 Å². The first kappa shape index (κ1) is 17.7. The van der Waals surface area contributed by atoms with E-state index < -0.39 is 0 Å². The zero-order valence-corrected chi connectivity index (χ0v) is 15.9. The summed E-state index contributed by atoms with van der Waals surface area (Å²) >= 11 is 0. The Kier molecular flexibility index (Phi) is 9.70. The van der Waals surface area contributed by atoms with Gasteiger partial charge in [-0.1, -0.05) is 0 Å². The van der Waals surface area contributed by atoms with E-state index in [0.29, 0.717) is 0 Å². The van der Waals surface area contributed by atoms with Crippen molar-refractivity contribution in [1.29, 1.82) is 0 Å². The Balaban J connectivity index is 4.27. The van der Waals surface area contributed by atoms with Crippen molar-refractivity contribution in [2.45, 2.75) is 23.6 Å². The van der Waals surface area contributed by atoms with E-state index in [1.165, 1.54) is 12.8 Å². The van der Waals surface area contributed by atoms with Gasteiger partial charge < -0.3 is 0 Å². The molecule has 0 fully saturated rings. The van der Waals surface area contributed by atoms with Crippen molar-refractivity contribution >= 4 is 31.7 Å². The van der Waals surface area contributed by atoms with Crippen LogP contribution in [0.2, 0.25) is 0 Å². The van der Waals surface area contributed by atoms with Gasteiger partial charge in [0.25, 0.3) is 0 Å². The van der Waals surface area contributed by atoms with Crippen LogP contribution in [0.5, 0.6) is 0 Å². The van der Waals surface area contributed by atoms with E-state index in [0.717, 1.165) is 10.8 Å². The summed E-state index contributed by atoms with van der Waals surface area (Å²) in [5.74, 6) is 0. The van der Waals surface area contributed by atoms with E-state index in [1.54, 1.807) is 0 Å². The zero-order chi connectivity index (χ0) is 12.9. The molecule has 98 valence electrons. The van der Waals surface area contributed by atoms with Crippen LogP contribution in [0.15, 0.2) is 0 Å². The van der Waals surface area contributed by atoms with Gasteiger partial charge in [0.05, 0.1) is 0 Å². The number of hydrogen-bond acceptors (Lipinski definition) is 0. The fourth-order valence-electron chi connectivity index (χ4n) is 2.25. The fraction of sp³-hybridized carbons (Fsp3) is 1.00. The van der Waals surface area contributed by atoms with Crippen LogP contribution in [0, 0.1) is 0 Å². The molecule has 0 bridgehead atoms. The first-order chi connectivity index (χ1) is 7.27. The van der Waals surface area contributed by atoms with Crippen molar-refractivity contribution in [3.8, 4) is 0 Å². The monoisotopic (exact) mass is 298 g/mol. The second-order valence-corrected chi connectivity index (χ2v) is 16.4. The van der Waals surface area contributed by atoms with E-state index in [4.69, 9.17) is 0 Å². The summed E-state index contributed by atoms with van der Waals surface area (Å²) in [4.78, 5) is 0. The largest absolute Gasteiger partial charge is 0.106 e. The van der Waals surface area contributed by atoms with Crippen molar-refractivity contribution in [3.05, 3.63) is 0 Å². The molecule has 0 aromatic rings. The van der Waals surface area contributed by atoms with Crippen molar-refractivity contribution < 1.29 is 0 Å². The third-order valence-corrected chi connectivity index (χ3v) is 14.4. The van der Waals surface area contributed by atoms with Crippen LogP contribution in [-0.2, 0) is 0 Å². The molecule has 0 aliphatic rings. The highest BCUT2D eigenvalue weighted by Gasteiger charge is 2.22. The lowest BCUT2D eigenvalue weighted by Crippen LogP contribution is -2.08. The quantitative estimate of drug-likeness (QED) is 0.553. The van der Waals surface area contributed by atoms with Gasteiger partial charge in [0.1, 0.15) is 0 Å². The van der Waals surface area contributed by atoms with E-state index in [9.17, 15) is 0 Å².